The maximum atomic E-state index is 12.0. The van der Waals surface area contributed by atoms with Gasteiger partial charge in [-0.05, 0) is 31.0 Å². The fourth-order valence-electron chi connectivity index (χ4n) is 3.14. The van der Waals surface area contributed by atoms with Crippen molar-refractivity contribution < 1.29 is 9.53 Å². The van der Waals surface area contributed by atoms with Gasteiger partial charge in [0.15, 0.2) is 0 Å². The summed E-state index contributed by atoms with van der Waals surface area (Å²) in [6, 6.07) is 5.78. The Morgan fingerprint density at radius 3 is 2.21 bits per heavy atom. The topological polar surface area (TPSA) is 50.7 Å². The zero-order valence-electron chi connectivity index (χ0n) is 18.4. The number of nitrogens with zero attached hydrogens (tertiary/aromatic N) is 1. The van der Waals surface area contributed by atoms with Crippen LogP contribution in [0, 0.1) is 0 Å². The number of ether oxygens (including phenoxy) is 1. The highest BCUT2D eigenvalue weighted by Gasteiger charge is 2.03. The Morgan fingerprint density at radius 1 is 0.966 bits per heavy atom. The minimum Gasteiger partial charge on any atom is -0.493 e. The summed E-state index contributed by atoms with van der Waals surface area (Å²) in [5.41, 5.74) is 3.48. The molecule has 0 spiro atoms. The van der Waals surface area contributed by atoms with Gasteiger partial charge in [0.25, 0.3) is 0 Å². The Balaban J connectivity index is 2.13. The van der Waals surface area contributed by atoms with Crippen molar-refractivity contribution in [1.29, 1.82) is 0 Å². The first-order chi connectivity index (χ1) is 14.2. The summed E-state index contributed by atoms with van der Waals surface area (Å²) in [6.45, 7) is 4.99. The van der Waals surface area contributed by atoms with E-state index in [1.165, 1.54) is 57.8 Å². The molecule has 5 heteroatoms. The molecule has 1 aromatic carbocycles. The summed E-state index contributed by atoms with van der Waals surface area (Å²) < 4.78 is 6.67. The number of unbranched alkanes of at least 4 members (excludes halogenated alkanes) is 10. The number of carbonyl (C=O) groups is 1. The van der Waals surface area contributed by atoms with Gasteiger partial charge in [0.1, 0.15) is 5.75 Å². The molecule has 0 heterocycles. The Kier molecular flexibility index (Phi) is 15.5. The van der Waals surface area contributed by atoms with Crippen molar-refractivity contribution in [2.45, 2.75) is 97.3 Å². The maximum Gasteiger partial charge on any atom is 0.240 e. The molecular weight excluding hydrogens is 428 g/mol. The second-order valence-corrected chi connectivity index (χ2v) is 8.52. The standard InChI is InChI=1S/C24H39BrN2O2/c1-3-5-6-7-8-9-10-11-12-13-14-15-24(28)27-26-20-21-19-22(25)16-17-23(21)29-18-4-2/h16-17,19-20H,3-15,18H2,1-2H3,(H,27,28)/b26-20+. The molecule has 0 saturated carbocycles. The average Bonchev–Trinajstić information content (AvgIpc) is 2.71. The smallest absolute Gasteiger partial charge is 0.240 e. The van der Waals surface area contributed by atoms with Crippen molar-refractivity contribution in [3.63, 3.8) is 0 Å². The van der Waals surface area contributed by atoms with Gasteiger partial charge < -0.3 is 4.74 Å². The molecule has 1 N–H and O–H groups in total. The first-order valence-corrected chi connectivity index (χ1v) is 12.2. The molecule has 1 amide bonds. The van der Waals surface area contributed by atoms with E-state index in [9.17, 15) is 4.79 Å². The van der Waals surface area contributed by atoms with E-state index in [0.29, 0.717) is 13.0 Å². The van der Waals surface area contributed by atoms with E-state index in [1.807, 2.05) is 18.2 Å². The number of nitrogens with one attached hydrogen (secondary N) is 1. The van der Waals surface area contributed by atoms with Crippen molar-refractivity contribution in [3.05, 3.63) is 28.2 Å². The van der Waals surface area contributed by atoms with Crippen molar-refractivity contribution in [3.8, 4) is 5.75 Å². The zero-order chi connectivity index (χ0) is 21.2. The largest absolute Gasteiger partial charge is 0.493 e. The number of hydrogen-bond acceptors (Lipinski definition) is 3. The molecule has 0 saturated heterocycles. The fourth-order valence-corrected chi connectivity index (χ4v) is 3.52. The van der Waals surface area contributed by atoms with Gasteiger partial charge in [-0.15, -0.1) is 0 Å². The second-order valence-electron chi connectivity index (χ2n) is 7.61. The second kappa shape index (κ2) is 17.5. The third-order valence-corrected chi connectivity index (χ3v) is 5.33. The molecular formula is C24H39BrN2O2. The third-order valence-electron chi connectivity index (χ3n) is 4.83. The van der Waals surface area contributed by atoms with Crippen LogP contribution >= 0.6 is 15.9 Å². The minimum absolute atomic E-state index is 0.0248. The predicted octanol–water partition coefficient (Wildman–Crippen LogP) is 7.39. The van der Waals surface area contributed by atoms with E-state index in [-0.39, 0.29) is 5.91 Å². The molecule has 0 aliphatic rings. The quantitative estimate of drug-likeness (QED) is 0.148. The van der Waals surface area contributed by atoms with Gasteiger partial charge >= 0.3 is 0 Å². The van der Waals surface area contributed by atoms with Gasteiger partial charge in [-0.25, -0.2) is 5.43 Å². The molecule has 1 aromatic rings. The van der Waals surface area contributed by atoms with Crippen LogP contribution in [0.25, 0.3) is 0 Å². The van der Waals surface area contributed by atoms with Crippen LogP contribution in [0.1, 0.15) is 103 Å². The number of rotatable bonds is 17. The van der Waals surface area contributed by atoms with Crippen LogP contribution in [-0.2, 0) is 4.79 Å². The molecule has 0 aromatic heterocycles. The van der Waals surface area contributed by atoms with Gasteiger partial charge in [-0.2, -0.15) is 5.10 Å². The summed E-state index contributed by atoms with van der Waals surface area (Å²) >= 11 is 3.46. The Hall–Kier alpha value is -1.36. The van der Waals surface area contributed by atoms with E-state index >= 15 is 0 Å². The first-order valence-electron chi connectivity index (χ1n) is 11.4. The molecule has 0 atom stereocenters. The lowest BCUT2D eigenvalue weighted by molar-refractivity contribution is -0.121. The normalized spacial score (nSPS) is 11.1. The van der Waals surface area contributed by atoms with Gasteiger partial charge in [0.2, 0.25) is 5.91 Å². The van der Waals surface area contributed by atoms with Gasteiger partial charge in [-0.1, -0.05) is 94.0 Å². The van der Waals surface area contributed by atoms with Gasteiger partial charge in [0.05, 0.1) is 12.8 Å². The molecule has 0 aliphatic heterocycles. The first kappa shape index (κ1) is 25.7. The van der Waals surface area contributed by atoms with Crippen molar-refractivity contribution >= 4 is 28.1 Å². The van der Waals surface area contributed by atoms with Crippen LogP contribution in [0.5, 0.6) is 5.75 Å². The lowest BCUT2D eigenvalue weighted by atomic mass is 10.1. The van der Waals surface area contributed by atoms with E-state index in [4.69, 9.17) is 4.74 Å². The zero-order valence-corrected chi connectivity index (χ0v) is 19.9. The summed E-state index contributed by atoms with van der Waals surface area (Å²) in [7, 11) is 0. The third kappa shape index (κ3) is 13.5. The van der Waals surface area contributed by atoms with E-state index < -0.39 is 0 Å². The van der Waals surface area contributed by atoms with E-state index in [2.05, 4.69) is 40.3 Å². The SMILES string of the molecule is CCCCCCCCCCCCCC(=O)N/N=C/c1cc(Br)ccc1OCCC. The van der Waals surface area contributed by atoms with Crippen LogP contribution < -0.4 is 10.2 Å². The van der Waals surface area contributed by atoms with Gasteiger partial charge in [0, 0.05) is 16.5 Å². The summed E-state index contributed by atoms with van der Waals surface area (Å²) in [6.07, 6.45) is 17.2. The highest BCUT2D eigenvalue weighted by molar-refractivity contribution is 9.10. The maximum absolute atomic E-state index is 12.0. The Labute approximate surface area is 186 Å². The van der Waals surface area contributed by atoms with Crippen LogP contribution in [-0.4, -0.2) is 18.7 Å². The number of hydrazone groups is 1. The monoisotopic (exact) mass is 466 g/mol. The summed E-state index contributed by atoms with van der Waals surface area (Å²) in [4.78, 5) is 12.0. The number of hydrogen-bond donors (Lipinski definition) is 1. The molecule has 0 radical (unpaired) electrons. The van der Waals surface area contributed by atoms with Crippen LogP contribution in [0.4, 0.5) is 0 Å². The van der Waals surface area contributed by atoms with Crippen LogP contribution in [0.15, 0.2) is 27.8 Å². The van der Waals surface area contributed by atoms with Crippen molar-refractivity contribution in [2.75, 3.05) is 6.61 Å². The molecule has 0 aliphatic carbocycles. The number of amides is 1. The molecule has 0 unspecified atom stereocenters. The highest BCUT2D eigenvalue weighted by atomic mass is 79.9. The van der Waals surface area contributed by atoms with Gasteiger partial charge in [-0.3, -0.25) is 4.79 Å². The lowest BCUT2D eigenvalue weighted by Crippen LogP contribution is -2.17. The molecule has 164 valence electrons. The minimum atomic E-state index is -0.0248. The van der Waals surface area contributed by atoms with Crippen LogP contribution in [0.3, 0.4) is 0 Å². The Morgan fingerprint density at radius 2 is 1.59 bits per heavy atom. The predicted molar refractivity (Wildman–Crippen MR) is 127 cm³/mol. The number of benzene rings is 1. The molecule has 0 bridgehead atoms. The Bertz CT molecular complexity index is 590. The summed E-state index contributed by atoms with van der Waals surface area (Å²) in [5, 5.41) is 4.10. The van der Waals surface area contributed by atoms with E-state index in [1.54, 1.807) is 6.21 Å². The molecule has 4 nitrogen and oxygen atoms in total. The van der Waals surface area contributed by atoms with Crippen LogP contribution in [0.2, 0.25) is 0 Å². The van der Waals surface area contributed by atoms with Crippen molar-refractivity contribution in [1.82, 2.24) is 5.43 Å². The average molecular weight is 467 g/mol. The fraction of sp³-hybridized carbons (Fsp3) is 0.667. The summed E-state index contributed by atoms with van der Waals surface area (Å²) in [5.74, 6) is 0.751. The molecule has 1 rings (SSSR count). The van der Waals surface area contributed by atoms with E-state index in [0.717, 1.165) is 35.0 Å². The number of halogens is 1. The number of carbonyl (C=O) groups excluding carboxylic acids is 1. The molecule has 0 fully saturated rings. The highest BCUT2D eigenvalue weighted by Crippen LogP contribution is 2.22. The lowest BCUT2D eigenvalue weighted by Gasteiger charge is -2.08. The molecule has 29 heavy (non-hydrogen) atoms. The van der Waals surface area contributed by atoms with Crippen molar-refractivity contribution in [2.24, 2.45) is 5.10 Å².